The summed E-state index contributed by atoms with van der Waals surface area (Å²) in [6.07, 6.45) is 2.19. The molecule has 1 atom stereocenters. The van der Waals surface area contributed by atoms with Crippen LogP contribution in [-0.4, -0.2) is 7.05 Å². The zero-order valence-corrected chi connectivity index (χ0v) is 13.1. The fraction of sp³-hybridized carbons (Fsp3) is 0.412. The van der Waals surface area contributed by atoms with Crippen molar-refractivity contribution in [3.05, 3.63) is 56.8 Å². The van der Waals surface area contributed by atoms with E-state index < -0.39 is 0 Å². The molecule has 0 aliphatic heterocycles. The maximum atomic E-state index is 3.49. The lowest BCUT2D eigenvalue weighted by Gasteiger charge is -2.19. The van der Waals surface area contributed by atoms with E-state index in [2.05, 4.69) is 62.8 Å². The molecule has 1 aromatic carbocycles. The molecule has 0 spiro atoms. The summed E-state index contributed by atoms with van der Waals surface area (Å²) >= 11 is 1.88. The molecule has 1 N–H and O–H groups in total. The Kier molecular flexibility index (Phi) is 4.78. The van der Waals surface area contributed by atoms with Crippen LogP contribution in [0, 0.1) is 13.8 Å². The second kappa shape index (κ2) is 6.36. The molecule has 0 saturated carbocycles. The van der Waals surface area contributed by atoms with E-state index in [1.807, 2.05) is 11.3 Å². The highest BCUT2D eigenvalue weighted by Crippen LogP contribution is 2.29. The Morgan fingerprint density at radius 1 is 1.16 bits per heavy atom. The first kappa shape index (κ1) is 14.3. The highest BCUT2D eigenvalue weighted by molar-refractivity contribution is 7.10. The maximum absolute atomic E-state index is 3.49. The molecule has 2 aromatic rings. The van der Waals surface area contributed by atoms with Crippen molar-refractivity contribution in [2.24, 2.45) is 0 Å². The van der Waals surface area contributed by atoms with Crippen molar-refractivity contribution < 1.29 is 0 Å². The van der Waals surface area contributed by atoms with Crippen molar-refractivity contribution in [1.82, 2.24) is 5.32 Å². The molecule has 1 unspecified atom stereocenters. The van der Waals surface area contributed by atoms with Gasteiger partial charge < -0.3 is 5.32 Å². The van der Waals surface area contributed by atoms with Gasteiger partial charge in [-0.3, -0.25) is 0 Å². The van der Waals surface area contributed by atoms with Gasteiger partial charge in [-0.25, -0.2) is 0 Å². The summed E-state index contributed by atoms with van der Waals surface area (Å²) in [6.45, 7) is 6.66. The fourth-order valence-corrected chi connectivity index (χ4v) is 3.75. The molecular weight excluding hydrogens is 250 g/mol. The first-order valence-corrected chi connectivity index (χ1v) is 7.84. The molecule has 0 bridgehead atoms. The van der Waals surface area contributed by atoms with Gasteiger partial charge in [-0.2, -0.15) is 0 Å². The van der Waals surface area contributed by atoms with Crippen LogP contribution in [0.5, 0.6) is 0 Å². The number of hydrogen-bond donors (Lipinski definition) is 1. The number of rotatable bonds is 5. The Labute approximate surface area is 120 Å². The quantitative estimate of drug-likeness (QED) is 0.849. The molecule has 2 heteroatoms. The second-order valence-corrected chi connectivity index (χ2v) is 6.03. The summed E-state index contributed by atoms with van der Waals surface area (Å²) in [7, 11) is 2.07. The Balaban J connectivity index is 2.29. The second-order valence-electron chi connectivity index (χ2n) is 5.08. The lowest BCUT2D eigenvalue weighted by molar-refractivity contribution is 0.594. The van der Waals surface area contributed by atoms with Crippen molar-refractivity contribution in [2.75, 3.05) is 7.05 Å². The molecule has 2 rings (SSSR count). The minimum Gasteiger partial charge on any atom is -0.312 e. The van der Waals surface area contributed by atoms with Crippen LogP contribution in [0.2, 0.25) is 0 Å². The predicted molar refractivity (Wildman–Crippen MR) is 85.1 cm³/mol. The Bertz CT molecular complexity index is 522. The van der Waals surface area contributed by atoms with Crippen LogP contribution in [0.1, 0.15) is 40.1 Å². The molecule has 1 nitrogen and oxygen atoms in total. The number of likely N-dealkylation sites (N-methyl/N-ethyl adjacent to an activating group) is 1. The largest absolute Gasteiger partial charge is 0.312 e. The van der Waals surface area contributed by atoms with Crippen molar-refractivity contribution in [3.63, 3.8) is 0 Å². The lowest BCUT2D eigenvalue weighted by Crippen LogP contribution is -2.19. The van der Waals surface area contributed by atoms with Gasteiger partial charge in [-0.05, 0) is 67.4 Å². The molecule has 1 heterocycles. The maximum Gasteiger partial charge on any atom is 0.0456 e. The molecule has 0 aliphatic carbocycles. The van der Waals surface area contributed by atoms with Gasteiger partial charge in [0.1, 0.15) is 0 Å². The Morgan fingerprint density at radius 2 is 1.84 bits per heavy atom. The van der Waals surface area contributed by atoms with Crippen molar-refractivity contribution in [3.8, 4) is 0 Å². The molecule has 0 radical (unpaired) electrons. The molecular formula is C17H23NS. The summed E-state index contributed by atoms with van der Waals surface area (Å²) in [5.41, 5.74) is 5.76. The fourth-order valence-electron chi connectivity index (χ4n) is 2.65. The van der Waals surface area contributed by atoms with Crippen LogP contribution >= 0.6 is 11.3 Å². The molecule has 0 aliphatic rings. The smallest absolute Gasteiger partial charge is 0.0456 e. The number of thiophene rings is 1. The summed E-state index contributed by atoms with van der Waals surface area (Å²) in [5.74, 6) is 0. The first-order valence-electron chi connectivity index (χ1n) is 6.96. The highest BCUT2D eigenvalue weighted by atomic mass is 32.1. The van der Waals surface area contributed by atoms with Gasteiger partial charge >= 0.3 is 0 Å². The summed E-state index contributed by atoms with van der Waals surface area (Å²) < 4.78 is 0. The van der Waals surface area contributed by atoms with E-state index in [-0.39, 0.29) is 0 Å². The van der Waals surface area contributed by atoms with Gasteiger partial charge in [0.15, 0.2) is 0 Å². The monoisotopic (exact) mass is 273 g/mol. The molecule has 102 valence electrons. The summed E-state index contributed by atoms with van der Waals surface area (Å²) in [5, 5.41) is 5.70. The highest BCUT2D eigenvalue weighted by Gasteiger charge is 2.16. The van der Waals surface area contributed by atoms with Gasteiger partial charge in [0, 0.05) is 10.9 Å². The van der Waals surface area contributed by atoms with E-state index in [4.69, 9.17) is 0 Å². The average Bonchev–Trinajstić information content (AvgIpc) is 2.87. The molecule has 0 amide bonds. The summed E-state index contributed by atoms with van der Waals surface area (Å²) in [6, 6.07) is 9.25. The predicted octanol–water partition coefficient (Wildman–Crippen LogP) is 4.43. The molecule has 19 heavy (non-hydrogen) atoms. The van der Waals surface area contributed by atoms with Crippen LogP contribution in [0.4, 0.5) is 0 Å². The van der Waals surface area contributed by atoms with Gasteiger partial charge in [-0.15, -0.1) is 11.3 Å². The van der Waals surface area contributed by atoms with Crippen molar-refractivity contribution in [1.29, 1.82) is 0 Å². The normalized spacial score (nSPS) is 12.6. The van der Waals surface area contributed by atoms with E-state index in [1.54, 1.807) is 0 Å². The van der Waals surface area contributed by atoms with Crippen LogP contribution in [0.25, 0.3) is 0 Å². The summed E-state index contributed by atoms with van der Waals surface area (Å²) in [4.78, 5) is 1.49. The minimum absolute atomic E-state index is 0.426. The van der Waals surface area contributed by atoms with E-state index in [0.717, 1.165) is 12.8 Å². The van der Waals surface area contributed by atoms with Gasteiger partial charge in [0.2, 0.25) is 0 Å². The zero-order valence-electron chi connectivity index (χ0n) is 12.3. The topological polar surface area (TPSA) is 12.0 Å². The van der Waals surface area contributed by atoms with Gasteiger partial charge in [0.25, 0.3) is 0 Å². The third-order valence-corrected chi connectivity index (χ3v) is 4.95. The Morgan fingerprint density at radius 3 is 2.42 bits per heavy atom. The minimum atomic E-state index is 0.426. The average molecular weight is 273 g/mol. The standard InChI is InChI=1S/C17H23NS/c1-5-14-9-10-19-17(14)16(18-4)11-15-12(2)7-6-8-13(15)3/h6-10,16,18H,5,11H2,1-4H3. The van der Waals surface area contributed by atoms with Crippen LogP contribution < -0.4 is 5.32 Å². The van der Waals surface area contributed by atoms with Crippen LogP contribution in [0.3, 0.4) is 0 Å². The SMILES string of the molecule is CCc1ccsc1C(Cc1c(C)cccc1C)NC. The zero-order chi connectivity index (χ0) is 13.8. The van der Waals surface area contributed by atoms with Crippen LogP contribution in [0.15, 0.2) is 29.6 Å². The number of aryl methyl sites for hydroxylation is 3. The van der Waals surface area contributed by atoms with E-state index >= 15 is 0 Å². The number of nitrogens with one attached hydrogen (secondary N) is 1. The molecule has 0 saturated heterocycles. The van der Waals surface area contributed by atoms with Crippen molar-refractivity contribution in [2.45, 2.75) is 39.7 Å². The van der Waals surface area contributed by atoms with Crippen LogP contribution in [-0.2, 0) is 12.8 Å². The number of benzene rings is 1. The van der Waals surface area contributed by atoms with E-state index in [1.165, 1.54) is 27.1 Å². The van der Waals surface area contributed by atoms with Gasteiger partial charge in [0.05, 0.1) is 0 Å². The number of hydrogen-bond acceptors (Lipinski definition) is 2. The van der Waals surface area contributed by atoms with E-state index in [9.17, 15) is 0 Å². The first-order chi connectivity index (χ1) is 9.17. The Hall–Kier alpha value is -1.12. The van der Waals surface area contributed by atoms with Gasteiger partial charge in [-0.1, -0.05) is 25.1 Å². The third kappa shape index (κ3) is 3.07. The lowest BCUT2D eigenvalue weighted by atomic mass is 9.94. The molecule has 0 fully saturated rings. The molecule has 1 aromatic heterocycles. The van der Waals surface area contributed by atoms with E-state index in [0.29, 0.717) is 6.04 Å². The van der Waals surface area contributed by atoms with Crippen molar-refractivity contribution >= 4 is 11.3 Å². The third-order valence-electron chi connectivity index (χ3n) is 3.88.